The summed E-state index contributed by atoms with van der Waals surface area (Å²) in [6.07, 6.45) is 5.38. The zero-order valence-corrected chi connectivity index (χ0v) is 12.2. The summed E-state index contributed by atoms with van der Waals surface area (Å²) in [5, 5.41) is 3.69. The normalized spacial score (nSPS) is 25.1. The summed E-state index contributed by atoms with van der Waals surface area (Å²) in [5.74, 6) is 0. The van der Waals surface area contributed by atoms with Crippen LogP contribution >= 0.6 is 0 Å². The summed E-state index contributed by atoms with van der Waals surface area (Å²) in [5.41, 5.74) is 0. The third-order valence-electron chi connectivity index (χ3n) is 3.92. The van der Waals surface area contributed by atoms with E-state index in [4.69, 9.17) is 0 Å². The van der Waals surface area contributed by atoms with Crippen LogP contribution in [0.25, 0.3) is 0 Å². The highest BCUT2D eigenvalue weighted by Gasteiger charge is 2.21. The molecule has 3 heteroatoms. The van der Waals surface area contributed by atoms with Crippen molar-refractivity contribution < 1.29 is 0 Å². The molecule has 2 atom stereocenters. The Morgan fingerprint density at radius 1 is 1.24 bits per heavy atom. The van der Waals surface area contributed by atoms with Crippen molar-refractivity contribution in [1.82, 2.24) is 15.1 Å². The first-order valence-corrected chi connectivity index (χ1v) is 7.25. The minimum atomic E-state index is 0.669. The van der Waals surface area contributed by atoms with Crippen LogP contribution in [0.15, 0.2) is 0 Å². The zero-order chi connectivity index (χ0) is 12.7. The Balaban J connectivity index is 2.15. The summed E-state index contributed by atoms with van der Waals surface area (Å²) in [7, 11) is 4.48. The van der Waals surface area contributed by atoms with E-state index in [1.807, 2.05) is 0 Å². The first-order chi connectivity index (χ1) is 8.13. The molecule has 0 aromatic heterocycles. The Hall–Kier alpha value is -0.120. The van der Waals surface area contributed by atoms with Crippen molar-refractivity contribution in [3.05, 3.63) is 0 Å². The summed E-state index contributed by atoms with van der Waals surface area (Å²) in [4.78, 5) is 4.93. The van der Waals surface area contributed by atoms with E-state index in [9.17, 15) is 0 Å². The topological polar surface area (TPSA) is 18.5 Å². The van der Waals surface area contributed by atoms with Crippen molar-refractivity contribution in [3.8, 4) is 0 Å². The molecule has 1 N–H and O–H groups in total. The van der Waals surface area contributed by atoms with Gasteiger partial charge < -0.3 is 10.2 Å². The van der Waals surface area contributed by atoms with Gasteiger partial charge in [0.25, 0.3) is 0 Å². The van der Waals surface area contributed by atoms with E-state index in [0.717, 1.165) is 6.54 Å². The zero-order valence-electron chi connectivity index (χ0n) is 12.2. The third kappa shape index (κ3) is 5.84. The largest absolute Gasteiger partial charge is 0.313 e. The predicted molar refractivity (Wildman–Crippen MR) is 75.5 cm³/mol. The highest BCUT2D eigenvalue weighted by Crippen LogP contribution is 2.07. The Labute approximate surface area is 108 Å². The van der Waals surface area contributed by atoms with E-state index < -0.39 is 0 Å². The lowest BCUT2D eigenvalue weighted by atomic mass is 10.1. The quantitative estimate of drug-likeness (QED) is 0.686. The fourth-order valence-electron chi connectivity index (χ4n) is 2.46. The molecular formula is C14H31N3. The lowest BCUT2D eigenvalue weighted by molar-refractivity contribution is 0.111. The molecule has 1 rings (SSSR count). The lowest BCUT2D eigenvalue weighted by Crippen LogP contribution is -2.54. The van der Waals surface area contributed by atoms with Crippen LogP contribution in [0.2, 0.25) is 0 Å². The summed E-state index contributed by atoms with van der Waals surface area (Å²) < 4.78 is 0. The molecule has 0 aromatic rings. The maximum Gasteiger partial charge on any atom is 0.0345 e. The number of hydrogen-bond donors (Lipinski definition) is 1. The molecule has 1 aliphatic heterocycles. The first-order valence-electron chi connectivity index (χ1n) is 7.25. The summed E-state index contributed by atoms with van der Waals surface area (Å²) >= 11 is 0. The molecule has 0 amide bonds. The van der Waals surface area contributed by atoms with Gasteiger partial charge in [0, 0.05) is 38.3 Å². The SMILES string of the molecule is CCCCCC(C)NCC1CN(C)CCN1C. The second-order valence-corrected chi connectivity index (χ2v) is 5.70. The van der Waals surface area contributed by atoms with E-state index in [1.54, 1.807) is 0 Å². The molecule has 102 valence electrons. The number of likely N-dealkylation sites (N-methyl/N-ethyl adjacent to an activating group) is 2. The number of rotatable bonds is 7. The van der Waals surface area contributed by atoms with Gasteiger partial charge in [-0.25, -0.2) is 0 Å². The monoisotopic (exact) mass is 241 g/mol. The Morgan fingerprint density at radius 3 is 2.71 bits per heavy atom. The molecule has 0 aliphatic carbocycles. The molecule has 0 bridgehead atoms. The number of nitrogens with one attached hydrogen (secondary N) is 1. The number of unbranched alkanes of at least 4 members (excludes halogenated alkanes) is 2. The predicted octanol–water partition coefficient (Wildman–Crippen LogP) is 1.79. The molecule has 0 radical (unpaired) electrons. The van der Waals surface area contributed by atoms with Gasteiger partial charge in [0.05, 0.1) is 0 Å². The van der Waals surface area contributed by atoms with Gasteiger partial charge in [-0.15, -0.1) is 0 Å². The fourth-order valence-corrected chi connectivity index (χ4v) is 2.46. The molecule has 3 nitrogen and oxygen atoms in total. The molecule has 0 aromatic carbocycles. The second-order valence-electron chi connectivity index (χ2n) is 5.70. The van der Waals surface area contributed by atoms with Gasteiger partial charge in [0.2, 0.25) is 0 Å². The van der Waals surface area contributed by atoms with E-state index >= 15 is 0 Å². The van der Waals surface area contributed by atoms with Gasteiger partial charge in [-0.05, 0) is 27.4 Å². The number of hydrogen-bond acceptors (Lipinski definition) is 3. The smallest absolute Gasteiger partial charge is 0.0345 e. The van der Waals surface area contributed by atoms with Gasteiger partial charge >= 0.3 is 0 Å². The van der Waals surface area contributed by atoms with Crippen molar-refractivity contribution >= 4 is 0 Å². The third-order valence-corrected chi connectivity index (χ3v) is 3.92. The van der Waals surface area contributed by atoms with Crippen LogP contribution in [0.5, 0.6) is 0 Å². The van der Waals surface area contributed by atoms with Crippen LogP contribution in [-0.4, -0.2) is 62.2 Å². The summed E-state index contributed by atoms with van der Waals surface area (Å²) in [6, 6.07) is 1.35. The van der Waals surface area contributed by atoms with E-state index in [0.29, 0.717) is 12.1 Å². The number of nitrogens with zero attached hydrogens (tertiary/aromatic N) is 2. The van der Waals surface area contributed by atoms with Gasteiger partial charge in [-0.3, -0.25) is 4.90 Å². The molecule has 0 spiro atoms. The molecular weight excluding hydrogens is 210 g/mol. The van der Waals surface area contributed by atoms with E-state index in [-0.39, 0.29) is 0 Å². The van der Waals surface area contributed by atoms with Crippen LogP contribution in [-0.2, 0) is 0 Å². The maximum absolute atomic E-state index is 3.69. The second kappa shape index (κ2) is 8.06. The van der Waals surface area contributed by atoms with Crippen LogP contribution in [0.1, 0.15) is 39.5 Å². The van der Waals surface area contributed by atoms with E-state index in [2.05, 4.69) is 43.1 Å². The molecule has 1 aliphatic rings. The molecule has 2 unspecified atom stereocenters. The van der Waals surface area contributed by atoms with Crippen molar-refractivity contribution in [3.63, 3.8) is 0 Å². The van der Waals surface area contributed by atoms with Crippen LogP contribution in [0.3, 0.4) is 0 Å². The fraction of sp³-hybridized carbons (Fsp3) is 1.00. The lowest BCUT2D eigenvalue weighted by Gasteiger charge is -2.38. The minimum Gasteiger partial charge on any atom is -0.313 e. The molecule has 1 heterocycles. The van der Waals surface area contributed by atoms with Gasteiger partial charge in [-0.1, -0.05) is 26.2 Å². The summed E-state index contributed by atoms with van der Waals surface area (Å²) in [6.45, 7) is 9.33. The highest BCUT2D eigenvalue weighted by atomic mass is 15.3. The Morgan fingerprint density at radius 2 is 2.00 bits per heavy atom. The standard InChI is InChI=1S/C14H31N3/c1-5-6-7-8-13(2)15-11-14-12-16(3)9-10-17(14)4/h13-15H,5-12H2,1-4H3. The van der Waals surface area contributed by atoms with Gasteiger partial charge in [0.1, 0.15) is 0 Å². The number of piperazine rings is 1. The van der Waals surface area contributed by atoms with Crippen molar-refractivity contribution in [2.24, 2.45) is 0 Å². The average Bonchev–Trinajstić information content (AvgIpc) is 2.31. The van der Waals surface area contributed by atoms with Crippen molar-refractivity contribution in [1.29, 1.82) is 0 Å². The highest BCUT2D eigenvalue weighted by molar-refractivity contribution is 4.81. The molecule has 1 saturated heterocycles. The van der Waals surface area contributed by atoms with Crippen LogP contribution < -0.4 is 5.32 Å². The van der Waals surface area contributed by atoms with Gasteiger partial charge in [-0.2, -0.15) is 0 Å². The maximum atomic E-state index is 3.69. The molecule has 1 fully saturated rings. The van der Waals surface area contributed by atoms with Crippen LogP contribution in [0, 0.1) is 0 Å². The van der Waals surface area contributed by atoms with Gasteiger partial charge in [0.15, 0.2) is 0 Å². The molecule has 17 heavy (non-hydrogen) atoms. The average molecular weight is 241 g/mol. The minimum absolute atomic E-state index is 0.669. The van der Waals surface area contributed by atoms with Crippen LogP contribution in [0.4, 0.5) is 0 Å². The first kappa shape index (κ1) is 14.9. The van der Waals surface area contributed by atoms with Crippen molar-refractivity contribution in [2.75, 3.05) is 40.3 Å². The van der Waals surface area contributed by atoms with Crippen molar-refractivity contribution in [2.45, 2.75) is 51.6 Å². The Bertz CT molecular complexity index is 196. The van der Waals surface area contributed by atoms with E-state index in [1.165, 1.54) is 45.3 Å². The Kier molecular flexibility index (Phi) is 7.09. The molecule has 0 saturated carbocycles.